The van der Waals surface area contributed by atoms with E-state index in [1.807, 2.05) is 60.7 Å². The van der Waals surface area contributed by atoms with Crippen LogP contribution < -0.4 is 0 Å². The van der Waals surface area contributed by atoms with Gasteiger partial charge in [0.15, 0.2) is 0 Å². The summed E-state index contributed by atoms with van der Waals surface area (Å²) in [5, 5.41) is 1.67. The van der Waals surface area contributed by atoms with Gasteiger partial charge in [0.25, 0.3) is 0 Å². The molecular formula is C38H36N2O. The number of para-hydroxylation sites is 1. The van der Waals surface area contributed by atoms with Crippen LogP contribution in [-0.2, 0) is 0 Å². The minimum Gasteiger partial charge on any atom is -0.437 e. The fraction of sp³-hybridized carbons (Fsp3) is 0.263. The molecular weight excluding hydrogens is 500 g/mol. The number of fused-ring (bicyclic) bond motifs is 3. The van der Waals surface area contributed by atoms with E-state index in [1.54, 1.807) is 24.3 Å². The monoisotopic (exact) mass is 543 g/mol. The van der Waals surface area contributed by atoms with Gasteiger partial charge in [-0.2, -0.15) is 0 Å². The Morgan fingerprint density at radius 2 is 1.61 bits per heavy atom. The van der Waals surface area contributed by atoms with Crippen molar-refractivity contribution in [1.29, 1.82) is 0 Å². The van der Waals surface area contributed by atoms with Gasteiger partial charge in [0.1, 0.15) is 5.58 Å². The highest BCUT2D eigenvalue weighted by Crippen LogP contribution is 2.43. The first-order valence-electron chi connectivity index (χ1n) is 17.7. The van der Waals surface area contributed by atoms with Gasteiger partial charge in [0.05, 0.1) is 11.4 Å². The summed E-state index contributed by atoms with van der Waals surface area (Å²) in [6.07, 6.45) is 4.31. The number of furan rings is 1. The van der Waals surface area contributed by atoms with E-state index in [0.29, 0.717) is 46.5 Å². The molecule has 6 aromatic rings. The molecule has 3 aromatic carbocycles. The zero-order chi connectivity index (χ0) is 34.1. The summed E-state index contributed by atoms with van der Waals surface area (Å²) in [4.78, 5) is 9.37. The molecule has 7 rings (SSSR count). The molecule has 0 unspecified atom stereocenters. The predicted molar refractivity (Wildman–Crippen MR) is 170 cm³/mol. The van der Waals surface area contributed by atoms with Crippen molar-refractivity contribution in [2.24, 2.45) is 5.41 Å². The molecule has 41 heavy (non-hydrogen) atoms. The number of hydrogen-bond donors (Lipinski definition) is 0. The molecule has 204 valence electrons. The molecule has 0 aliphatic heterocycles. The van der Waals surface area contributed by atoms with Crippen LogP contribution in [0.15, 0.2) is 95.5 Å². The summed E-state index contributed by atoms with van der Waals surface area (Å²) in [5.41, 5.74) is 5.15. The van der Waals surface area contributed by atoms with E-state index in [2.05, 4.69) is 18.8 Å². The number of benzene rings is 3. The fourth-order valence-corrected chi connectivity index (χ4v) is 5.99. The van der Waals surface area contributed by atoms with Crippen molar-refractivity contribution < 1.29 is 14.0 Å². The Kier molecular flexibility index (Phi) is 4.63. The van der Waals surface area contributed by atoms with Gasteiger partial charge >= 0.3 is 0 Å². The molecule has 0 amide bonds. The Bertz CT molecular complexity index is 2150. The first-order valence-corrected chi connectivity index (χ1v) is 14.2. The van der Waals surface area contributed by atoms with Gasteiger partial charge in [0.2, 0.25) is 5.71 Å². The number of aromatic nitrogens is 2. The normalized spacial score (nSPS) is 19.4. The lowest BCUT2D eigenvalue weighted by molar-refractivity contribution is 0.224. The summed E-state index contributed by atoms with van der Waals surface area (Å²) >= 11 is 0. The van der Waals surface area contributed by atoms with E-state index >= 15 is 0 Å². The van der Waals surface area contributed by atoms with E-state index in [0.717, 1.165) is 34.9 Å². The van der Waals surface area contributed by atoms with Crippen molar-refractivity contribution in [1.82, 2.24) is 9.97 Å². The van der Waals surface area contributed by atoms with E-state index in [1.165, 1.54) is 6.20 Å². The lowest BCUT2D eigenvalue weighted by Crippen LogP contribution is -2.20. The number of nitrogens with zero attached hydrogens (tertiary/aromatic N) is 2. The second kappa shape index (κ2) is 9.99. The van der Waals surface area contributed by atoms with Crippen molar-refractivity contribution >= 4 is 22.1 Å². The van der Waals surface area contributed by atoms with Crippen molar-refractivity contribution in [2.45, 2.75) is 59.1 Å². The van der Waals surface area contributed by atoms with E-state index in [4.69, 9.17) is 17.6 Å². The Balaban J connectivity index is 1.38. The van der Waals surface area contributed by atoms with Crippen LogP contribution in [0.4, 0.5) is 0 Å². The Labute approximate surface area is 252 Å². The maximum absolute atomic E-state index is 9.29. The molecule has 0 bridgehead atoms. The molecule has 3 heterocycles. The van der Waals surface area contributed by atoms with Crippen molar-refractivity contribution in [2.75, 3.05) is 0 Å². The number of aryl methyl sites for hydroxylation is 2. The maximum atomic E-state index is 9.29. The highest BCUT2D eigenvalue weighted by atomic mass is 16.3. The lowest BCUT2D eigenvalue weighted by Gasteiger charge is -2.34. The van der Waals surface area contributed by atoms with E-state index in [-0.39, 0.29) is 22.1 Å². The molecule has 0 radical (unpaired) electrons. The van der Waals surface area contributed by atoms with Crippen LogP contribution in [0.2, 0.25) is 0 Å². The van der Waals surface area contributed by atoms with Gasteiger partial charge in [-0.15, -0.1) is 0 Å². The topological polar surface area (TPSA) is 38.9 Å². The molecule has 1 aliphatic carbocycles. The van der Waals surface area contributed by atoms with Crippen LogP contribution in [0, 0.1) is 19.1 Å². The van der Waals surface area contributed by atoms with Crippen LogP contribution in [0.3, 0.4) is 0 Å². The van der Waals surface area contributed by atoms with Gasteiger partial charge in [-0.1, -0.05) is 74.5 Å². The average molecular weight is 544 g/mol. The van der Waals surface area contributed by atoms with Crippen molar-refractivity contribution in [3.05, 3.63) is 108 Å². The third kappa shape index (κ3) is 4.74. The van der Waals surface area contributed by atoms with Crippen molar-refractivity contribution in [3.63, 3.8) is 0 Å². The van der Waals surface area contributed by atoms with E-state index in [9.17, 15) is 1.37 Å². The third-order valence-corrected chi connectivity index (χ3v) is 8.54. The molecule has 3 heteroatoms. The molecule has 0 saturated heterocycles. The molecule has 0 N–H and O–H groups in total. The van der Waals surface area contributed by atoms with Gasteiger partial charge in [0, 0.05) is 37.7 Å². The minimum absolute atomic E-state index is 0.0266. The summed E-state index contributed by atoms with van der Waals surface area (Å²) in [5.74, 6) is -0.907. The lowest BCUT2D eigenvalue weighted by atomic mass is 9.71. The smallest absolute Gasteiger partial charge is 0.227 e. The zero-order valence-corrected chi connectivity index (χ0v) is 23.3. The summed E-state index contributed by atoms with van der Waals surface area (Å²) in [6.45, 7) is -0.706. The predicted octanol–water partition coefficient (Wildman–Crippen LogP) is 10.7. The minimum atomic E-state index is -2.56. The molecule has 3 nitrogen and oxygen atoms in total. The van der Waals surface area contributed by atoms with Crippen LogP contribution >= 0.6 is 0 Å². The highest BCUT2D eigenvalue weighted by molar-refractivity contribution is 6.08. The van der Waals surface area contributed by atoms with Crippen LogP contribution in [0.1, 0.15) is 71.7 Å². The quantitative estimate of drug-likeness (QED) is 0.222. The second-order valence-corrected chi connectivity index (χ2v) is 11.8. The van der Waals surface area contributed by atoms with Crippen LogP contribution in [0.25, 0.3) is 55.7 Å². The number of hydrogen-bond acceptors (Lipinski definition) is 3. The Morgan fingerprint density at radius 1 is 0.780 bits per heavy atom. The fourth-order valence-electron chi connectivity index (χ4n) is 5.99. The third-order valence-electron chi connectivity index (χ3n) is 8.54. The average Bonchev–Trinajstić information content (AvgIpc) is 3.43. The zero-order valence-electron chi connectivity index (χ0n) is 30.3. The molecule has 0 spiro atoms. The Morgan fingerprint density at radius 3 is 2.41 bits per heavy atom. The number of pyridine rings is 2. The van der Waals surface area contributed by atoms with Gasteiger partial charge in [-0.05, 0) is 103 Å². The largest absolute Gasteiger partial charge is 0.437 e. The van der Waals surface area contributed by atoms with Crippen LogP contribution in [0.5, 0.6) is 0 Å². The summed E-state index contributed by atoms with van der Waals surface area (Å²) in [7, 11) is 0. The Hall–Kier alpha value is -4.24. The molecule has 1 aliphatic rings. The summed E-state index contributed by atoms with van der Waals surface area (Å²) in [6, 6.07) is 26.2. The van der Waals surface area contributed by atoms with E-state index < -0.39 is 19.6 Å². The number of rotatable bonds is 4. The maximum Gasteiger partial charge on any atom is 0.227 e. The van der Waals surface area contributed by atoms with Gasteiger partial charge in [-0.3, -0.25) is 4.98 Å². The van der Waals surface area contributed by atoms with Crippen LogP contribution in [-0.4, -0.2) is 9.97 Å². The van der Waals surface area contributed by atoms with Gasteiger partial charge < -0.3 is 4.42 Å². The highest BCUT2D eigenvalue weighted by Gasteiger charge is 2.28. The molecule has 0 atom stereocenters. The second-order valence-electron chi connectivity index (χ2n) is 11.8. The molecule has 1 saturated carbocycles. The standard InChI is InChI=1S/C38H36N2O/c1-24-21-28(26-17-19-38(3,4)20-18-26)13-14-29(24)33-22-35(39-23-25(33)2)32-12-8-11-30-31-15-16-34(27-9-6-5-7-10-27)40-37(31)41-36(30)32/h5-16,21-23,26H,17-20H2,1-4H3/i1D3,2D3,26D. The first-order chi connectivity index (χ1) is 22.6. The van der Waals surface area contributed by atoms with Crippen molar-refractivity contribution in [3.8, 4) is 33.6 Å². The first kappa shape index (κ1) is 19.0. The molecule has 3 aromatic heterocycles. The summed E-state index contributed by atoms with van der Waals surface area (Å²) < 4.78 is 66.1. The SMILES string of the molecule is [2H]C([2H])([2H])c1cnc(-c2cccc3c2oc2nc(-c4ccccc4)ccc23)cc1-c1ccc(C2([2H])CCC(C)(C)CC2)cc1C([2H])([2H])[2H]. The van der Waals surface area contributed by atoms with Gasteiger partial charge in [-0.25, -0.2) is 4.98 Å². The molecule has 1 fully saturated rings.